The molecule has 0 radical (unpaired) electrons. The van der Waals surface area contributed by atoms with Crippen molar-refractivity contribution in [2.24, 2.45) is 0 Å². The number of phenols is 1. The standard InChI is InChI=1S/C53H45N4O.Pt/c1-52(2,3)39-28-37(29-40(33-39)53(4,5)6)38-31-46(56-47(32-38)43-19-10-11-23-49(43)58)36-16-12-15-35(27-36)45-30-34(24-26-54-45)42-20-13-21-44-50-48(22-14-25-55-50)57(51(42)44)41-17-8-7-9-18-41;/h7-26,28-33,58H,1-6H3;/q-1;. The van der Waals surface area contributed by atoms with Crippen molar-refractivity contribution in [3.8, 4) is 67.5 Å². The molecule has 0 aliphatic rings. The summed E-state index contributed by atoms with van der Waals surface area (Å²) in [6, 6.07) is 53.7. The Morgan fingerprint density at radius 3 is 1.88 bits per heavy atom. The van der Waals surface area contributed by atoms with Crippen LogP contribution in [0.5, 0.6) is 5.75 Å². The monoisotopic (exact) mass is 948 g/mol. The van der Waals surface area contributed by atoms with Gasteiger partial charge in [-0.3, -0.25) is 15.0 Å². The number of pyridine rings is 3. The number of rotatable bonds is 6. The van der Waals surface area contributed by atoms with Gasteiger partial charge in [0.1, 0.15) is 5.75 Å². The minimum absolute atomic E-state index is 0. The van der Waals surface area contributed by atoms with Crippen LogP contribution in [-0.2, 0) is 31.9 Å². The second kappa shape index (κ2) is 15.5. The van der Waals surface area contributed by atoms with Gasteiger partial charge in [0.05, 0.1) is 22.2 Å². The molecule has 0 spiro atoms. The van der Waals surface area contributed by atoms with Crippen LogP contribution in [0.1, 0.15) is 52.7 Å². The van der Waals surface area contributed by atoms with E-state index in [0.29, 0.717) is 11.3 Å². The molecule has 4 heterocycles. The molecule has 59 heavy (non-hydrogen) atoms. The summed E-state index contributed by atoms with van der Waals surface area (Å²) < 4.78 is 2.31. The normalized spacial score (nSPS) is 11.8. The van der Waals surface area contributed by atoms with Gasteiger partial charge in [0.25, 0.3) is 0 Å². The van der Waals surface area contributed by atoms with E-state index < -0.39 is 0 Å². The van der Waals surface area contributed by atoms with Gasteiger partial charge in [-0.05, 0) is 87.2 Å². The Morgan fingerprint density at radius 2 is 1.15 bits per heavy atom. The van der Waals surface area contributed by atoms with Gasteiger partial charge in [-0.25, -0.2) is 0 Å². The Labute approximate surface area is 360 Å². The number of aromatic hydroxyl groups is 1. The summed E-state index contributed by atoms with van der Waals surface area (Å²) in [4.78, 5) is 14.9. The number of aromatic nitrogens is 4. The summed E-state index contributed by atoms with van der Waals surface area (Å²) in [6.45, 7) is 13.5. The van der Waals surface area contributed by atoms with Crippen molar-refractivity contribution in [2.75, 3.05) is 0 Å². The molecule has 0 bridgehead atoms. The van der Waals surface area contributed by atoms with Gasteiger partial charge >= 0.3 is 0 Å². The van der Waals surface area contributed by atoms with E-state index in [-0.39, 0.29) is 37.6 Å². The van der Waals surface area contributed by atoms with Crippen molar-refractivity contribution in [2.45, 2.75) is 52.4 Å². The molecule has 0 saturated carbocycles. The summed E-state index contributed by atoms with van der Waals surface area (Å²) >= 11 is 0. The Bertz CT molecular complexity index is 2960. The van der Waals surface area contributed by atoms with Crippen molar-refractivity contribution >= 4 is 21.9 Å². The van der Waals surface area contributed by atoms with Gasteiger partial charge in [0, 0.05) is 67.0 Å². The molecule has 5 nitrogen and oxygen atoms in total. The van der Waals surface area contributed by atoms with E-state index in [1.807, 2.05) is 54.9 Å². The third kappa shape index (κ3) is 7.64. The molecule has 9 rings (SSSR count). The van der Waals surface area contributed by atoms with E-state index in [9.17, 15) is 5.11 Å². The topological polar surface area (TPSA) is 63.8 Å². The number of benzene rings is 5. The largest absolute Gasteiger partial charge is 0.507 e. The number of nitrogens with zero attached hydrogens (tertiary/aromatic N) is 4. The SMILES string of the molecule is CC(C)(C)c1cc(-c2cc(-c3[c-]c(-c4cc(-c5cccc6c7ncccc7n(-c7ccccc7)c56)ccn4)ccc3)nc(-c3ccccc3O)c2)cc(C(C)(C)C)c1.[Pt]. The van der Waals surface area contributed by atoms with E-state index >= 15 is 0 Å². The van der Waals surface area contributed by atoms with Gasteiger partial charge in [-0.2, -0.15) is 0 Å². The molecule has 1 N–H and O–H groups in total. The molecule has 294 valence electrons. The zero-order valence-electron chi connectivity index (χ0n) is 34.1. The minimum Gasteiger partial charge on any atom is -0.507 e. The minimum atomic E-state index is -0.0451. The fourth-order valence-electron chi connectivity index (χ4n) is 7.80. The summed E-state index contributed by atoms with van der Waals surface area (Å²) in [6.07, 6.45) is 3.74. The number of para-hydroxylation sites is 3. The predicted molar refractivity (Wildman–Crippen MR) is 239 cm³/mol. The van der Waals surface area contributed by atoms with E-state index in [2.05, 4.69) is 149 Å². The van der Waals surface area contributed by atoms with Crippen molar-refractivity contribution in [3.63, 3.8) is 0 Å². The van der Waals surface area contributed by atoms with Gasteiger partial charge < -0.3 is 9.67 Å². The summed E-state index contributed by atoms with van der Waals surface area (Å²) in [5.41, 5.74) is 15.6. The van der Waals surface area contributed by atoms with Crippen molar-refractivity contribution in [1.82, 2.24) is 19.5 Å². The molecule has 0 aliphatic heterocycles. The maximum absolute atomic E-state index is 11.0. The quantitative estimate of drug-likeness (QED) is 0.169. The molecule has 0 amide bonds. The van der Waals surface area contributed by atoms with Crippen LogP contribution in [0.3, 0.4) is 0 Å². The Balaban J connectivity index is 0.00000484. The van der Waals surface area contributed by atoms with Crippen LogP contribution < -0.4 is 0 Å². The molecule has 4 aromatic heterocycles. The first-order valence-corrected chi connectivity index (χ1v) is 19.8. The first kappa shape index (κ1) is 39.7. The molecular formula is C53H45N4OPt-. The Morgan fingerprint density at radius 1 is 0.525 bits per heavy atom. The smallest absolute Gasteiger partial charge is 0.124 e. The van der Waals surface area contributed by atoms with Crippen molar-refractivity contribution < 1.29 is 26.2 Å². The zero-order chi connectivity index (χ0) is 40.2. The Kier molecular flexibility index (Phi) is 10.4. The average Bonchev–Trinajstić information content (AvgIpc) is 3.58. The zero-order valence-corrected chi connectivity index (χ0v) is 36.3. The van der Waals surface area contributed by atoms with Gasteiger partial charge in [-0.15, -0.1) is 24.3 Å². The van der Waals surface area contributed by atoms with E-state index in [1.54, 1.807) is 6.07 Å². The fourth-order valence-corrected chi connectivity index (χ4v) is 7.80. The third-order valence-corrected chi connectivity index (χ3v) is 11.0. The van der Waals surface area contributed by atoms with Crippen molar-refractivity contribution in [3.05, 3.63) is 175 Å². The van der Waals surface area contributed by atoms with Crippen LogP contribution in [0.2, 0.25) is 0 Å². The summed E-state index contributed by atoms with van der Waals surface area (Å²) in [5, 5.41) is 12.1. The summed E-state index contributed by atoms with van der Waals surface area (Å²) in [7, 11) is 0. The molecule has 5 aromatic carbocycles. The molecule has 9 aromatic rings. The summed E-state index contributed by atoms with van der Waals surface area (Å²) in [5.74, 6) is 0.188. The third-order valence-electron chi connectivity index (χ3n) is 11.0. The fraction of sp³-hybridized carbons (Fsp3) is 0.151. The number of hydrogen-bond donors (Lipinski definition) is 1. The van der Waals surface area contributed by atoms with Crippen molar-refractivity contribution in [1.29, 1.82) is 0 Å². The maximum atomic E-state index is 11.0. The second-order valence-electron chi connectivity index (χ2n) is 17.1. The number of hydrogen-bond acceptors (Lipinski definition) is 4. The Hall–Kier alpha value is -6.16. The molecule has 6 heteroatoms. The molecule has 0 atom stereocenters. The predicted octanol–water partition coefficient (Wildman–Crippen LogP) is 13.4. The number of fused-ring (bicyclic) bond motifs is 3. The van der Waals surface area contributed by atoms with Crippen LogP contribution >= 0.6 is 0 Å². The number of phenolic OH excluding ortho intramolecular Hbond substituents is 1. The molecule has 0 fully saturated rings. The molecular weight excluding hydrogens is 904 g/mol. The first-order chi connectivity index (χ1) is 27.9. The van der Waals surface area contributed by atoms with Gasteiger partial charge in [0.15, 0.2) is 0 Å². The molecule has 0 aliphatic carbocycles. The van der Waals surface area contributed by atoms with E-state index in [1.165, 1.54) is 11.1 Å². The molecule has 0 unspecified atom stereocenters. The van der Waals surface area contributed by atoms with E-state index in [4.69, 9.17) is 15.0 Å². The van der Waals surface area contributed by atoms with E-state index in [0.717, 1.165) is 72.4 Å². The van der Waals surface area contributed by atoms with Gasteiger partial charge in [-0.1, -0.05) is 132 Å². The second-order valence-corrected chi connectivity index (χ2v) is 17.1. The van der Waals surface area contributed by atoms with Crippen LogP contribution in [-0.4, -0.2) is 24.6 Å². The first-order valence-electron chi connectivity index (χ1n) is 19.8. The van der Waals surface area contributed by atoms with Crippen LogP contribution in [0.15, 0.2) is 158 Å². The van der Waals surface area contributed by atoms with Gasteiger partial charge in [0.2, 0.25) is 0 Å². The van der Waals surface area contributed by atoms with Crippen LogP contribution in [0.25, 0.3) is 83.6 Å². The molecule has 0 saturated heterocycles. The van der Waals surface area contributed by atoms with Crippen LogP contribution in [0, 0.1) is 6.07 Å². The maximum Gasteiger partial charge on any atom is 0.124 e. The average molecular weight is 949 g/mol. The van der Waals surface area contributed by atoms with Crippen LogP contribution in [0.4, 0.5) is 0 Å².